The molecule has 0 amide bonds. The van der Waals surface area contributed by atoms with Crippen molar-refractivity contribution in [3.63, 3.8) is 0 Å². The molecule has 0 fully saturated rings. The van der Waals surface area contributed by atoms with Crippen molar-refractivity contribution in [3.05, 3.63) is 95.3 Å². The van der Waals surface area contributed by atoms with E-state index < -0.39 is 0 Å². The van der Waals surface area contributed by atoms with Crippen LogP contribution in [0.25, 0.3) is 0 Å². The number of aliphatic imine (C=N–C) groups is 2. The van der Waals surface area contributed by atoms with Gasteiger partial charge in [-0.25, -0.2) is 9.98 Å². The van der Waals surface area contributed by atoms with Gasteiger partial charge in [-0.2, -0.15) is 0 Å². The number of hydrogen-bond acceptors (Lipinski definition) is 4. The molecule has 0 spiro atoms. The SMILES string of the molecule is c1ccc([C@@H]2COC(Cc3ccc(CC4=N[C@H](c5ccccc5)CO4)[nH]3)=N2)cc1. The van der Waals surface area contributed by atoms with Crippen molar-refractivity contribution in [1.29, 1.82) is 0 Å². The van der Waals surface area contributed by atoms with E-state index in [4.69, 9.17) is 19.5 Å². The van der Waals surface area contributed by atoms with Crippen LogP contribution in [0.3, 0.4) is 0 Å². The molecule has 29 heavy (non-hydrogen) atoms. The molecule has 1 aromatic heterocycles. The lowest BCUT2D eigenvalue weighted by Crippen LogP contribution is -2.05. The van der Waals surface area contributed by atoms with Gasteiger partial charge in [0, 0.05) is 11.4 Å². The molecular weight excluding hydrogens is 362 g/mol. The molecule has 3 aromatic rings. The Kier molecular flexibility index (Phi) is 4.87. The quantitative estimate of drug-likeness (QED) is 0.682. The molecule has 0 aliphatic carbocycles. The molecule has 146 valence electrons. The van der Waals surface area contributed by atoms with Crippen LogP contribution < -0.4 is 0 Å². The minimum Gasteiger partial charge on any atom is -0.478 e. The van der Waals surface area contributed by atoms with E-state index >= 15 is 0 Å². The topological polar surface area (TPSA) is 59.0 Å². The standard InChI is InChI=1S/C24H23N3O2/c1-3-7-17(8-4-1)21-15-28-23(26-21)13-19-11-12-20(25-19)14-24-27-22(16-29-24)18-9-5-2-6-10-18/h1-12,21-22,25H,13-16H2/t21-,22-/m0/s1. The minimum atomic E-state index is 0.0943. The van der Waals surface area contributed by atoms with Crippen molar-refractivity contribution < 1.29 is 9.47 Å². The summed E-state index contributed by atoms with van der Waals surface area (Å²) in [5.41, 5.74) is 4.56. The maximum Gasteiger partial charge on any atom is 0.190 e. The number of nitrogens with one attached hydrogen (secondary N) is 1. The predicted molar refractivity (Wildman–Crippen MR) is 113 cm³/mol. The second kappa shape index (κ2) is 7.95. The highest BCUT2D eigenvalue weighted by Crippen LogP contribution is 2.25. The summed E-state index contributed by atoms with van der Waals surface area (Å²) in [6, 6.07) is 24.9. The van der Waals surface area contributed by atoms with Crippen LogP contribution in [0.15, 0.2) is 82.8 Å². The van der Waals surface area contributed by atoms with Crippen molar-refractivity contribution in [2.24, 2.45) is 9.98 Å². The highest BCUT2D eigenvalue weighted by Gasteiger charge is 2.22. The zero-order valence-corrected chi connectivity index (χ0v) is 16.1. The number of aromatic nitrogens is 1. The van der Waals surface area contributed by atoms with E-state index in [9.17, 15) is 0 Å². The summed E-state index contributed by atoms with van der Waals surface area (Å²) >= 11 is 0. The molecule has 0 radical (unpaired) electrons. The van der Waals surface area contributed by atoms with Crippen molar-refractivity contribution in [1.82, 2.24) is 4.98 Å². The zero-order valence-electron chi connectivity index (χ0n) is 16.1. The van der Waals surface area contributed by atoms with Crippen LogP contribution in [0.5, 0.6) is 0 Å². The highest BCUT2D eigenvalue weighted by atomic mass is 16.5. The maximum absolute atomic E-state index is 5.81. The molecule has 0 saturated carbocycles. The monoisotopic (exact) mass is 385 g/mol. The number of benzene rings is 2. The Morgan fingerprint density at radius 2 is 1.10 bits per heavy atom. The summed E-state index contributed by atoms with van der Waals surface area (Å²) in [5, 5.41) is 0. The molecule has 2 aliphatic rings. The number of hydrogen-bond donors (Lipinski definition) is 1. The third-order valence-electron chi connectivity index (χ3n) is 5.27. The molecule has 0 unspecified atom stereocenters. The third-order valence-corrected chi connectivity index (χ3v) is 5.27. The first kappa shape index (κ1) is 17.7. The summed E-state index contributed by atoms with van der Waals surface area (Å²) < 4.78 is 11.6. The lowest BCUT2D eigenvalue weighted by atomic mass is 10.1. The van der Waals surface area contributed by atoms with Gasteiger partial charge in [0.25, 0.3) is 0 Å². The van der Waals surface area contributed by atoms with E-state index in [1.54, 1.807) is 0 Å². The fraction of sp³-hybridized carbons (Fsp3) is 0.250. The van der Waals surface area contributed by atoms with Gasteiger partial charge < -0.3 is 14.5 Å². The van der Waals surface area contributed by atoms with E-state index in [-0.39, 0.29) is 12.1 Å². The Morgan fingerprint density at radius 1 is 0.655 bits per heavy atom. The van der Waals surface area contributed by atoms with Gasteiger partial charge in [-0.1, -0.05) is 60.7 Å². The van der Waals surface area contributed by atoms with Gasteiger partial charge in [0.15, 0.2) is 11.8 Å². The smallest absolute Gasteiger partial charge is 0.190 e. The molecular formula is C24H23N3O2. The van der Waals surface area contributed by atoms with E-state index in [1.807, 2.05) is 36.4 Å². The van der Waals surface area contributed by atoms with Crippen molar-refractivity contribution in [2.75, 3.05) is 13.2 Å². The van der Waals surface area contributed by atoms with Gasteiger partial charge in [0.2, 0.25) is 0 Å². The summed E-state index contributed by atoms with van der Waals surface area (Å²) in [5.74, 6) is 1.57. The number of ether oxygens (including phenoxy) is 2. The normalized spacial score (nSPS) is 20.7. The zero-order chi connectivity index (χ0) is 19.5. The third kappa shape index (κ3) is 4.09. The van der Waals surface area contributed by atoms with Crippen LogP contribution in [0.2, 0.25) is 0 Å². The molecule has 0 bridgehead atoms. The minimum absolute atomic E-state index is 0.0943. The maximum atomic E-state index is 5.81. The Labute approximate surface area is 170 Å². The second-order valence-corrected chi connectivity index (χ2v) is 7.38. The van der Waals surface area contributed by atoms with E-state index in [2.05, 4.69) is 41.4 Å². The summed E-state index contributed by atoms with van der Waals surface area (Å²) in [4.78, 5) is 12.9. The predicted octanol–water partition coefficient (Wildman–Crippen LogP) is 4.44. The average Bonchev–Trinajstić information content (AvgIpc) is 3.52. The number of rotatable bonds is 6. The van der Waals surface area contributed by atoms with Gasteiger partial charge in [0.1, 0.15) is 25.3 Å². The van der Waals surface area contributed by atoms with Gasteiger partial charge in [0.05, 0.1) is 12.8 Å². The number of aromatic amines is 1. The Morgan fingerprint density at radius 3 is 1.55 bits per heavy atom. The molecule has 5 heteroatoms. The largest absolute Gasteiger partial charge is 0.478 e. The lowest BCUT2D eigenvalue weighted by Gasteiger charge is -2.03. The van der Waals surface area contributed by atoms with Gasteiger partial charge in [-0.3, -0.25) is 0 Å². The van der Waals surface area contributed by atoms with Gasteiger partial charge in [-0.15, -0.1) is 0 Å². The summed E-state index contributed by atoms with van der Waals surface area (Å²) in [7, 11) is 0. The second-order valence-electron chi connectivity index (χ2n) is 7.38. The Bertz CT molecular complexity index is 943. The Balaban J connectivity index is 1.21. The first-order valence-electron chi connectivity index (χ1n) is 9.99. The first-order chi connectivity index (χ1) is 14.3. The molecule has 2 aliphatic heterocycles. The van der Waals surface area contributed by atoms with Crippen molar-refractivity contribution >= 4 is 11.8 Å². The molecule has 2 atom stereocenters. The average molecular weight is 385 g/mol. The van der Waals surface area contributed by atoms with Gasteiger partial charge in [-0.05, 0) is 23.3 Å². The highest BCUT2D eigenvalue weighted by molar-refractivity contribution is 5.81. The summed E-state index contributed by atoms with van der Waals surface area (Å²) in [6.45, 7) is 1.22. The molecule has 2 aromatic carbocycles. The fourth-order valence-corrected chi connectivity index (χ4v) is 3.76. The Hall–Kier alpha value is -3.34. The molecule has 1 N–H and O–H groups in total. The fourth-order valence-electron chi connectivity index (χ4n) is 3.76. The van der Waals surface area contributed by atoms with E-state index in [0.29, 0.717) is 26.1 Å². The van der Waals surface area contributed by atoms with Crippen LogP contribution in [-0.2, 0) is 22.3 Å². The van der Waals surface area contributed by atoms with E-state index in [1.165, 1.54) is 11.1 Å². The van der Waals surface area contributed by atoms with Crippen LogP contribution >= 0.6 is 0 Å². The number of H-pyrrole nitrogens is 1. The molecule has 0 saturated heterocycles. The molecule has 5 rings (SSSR count). The number of nitrogens with zero attached hydrogens (tertiary/aromatic N) is 2. The van der Waals surface area contributed by atoms with E-state index in [0.717, 1.165) is 23.2 Å². The van der Waals surface area contributed by atoms with Crippen LogP contribution in [0.4, 0.5) is 0 Å². The molecule has 5 nitrogen and oxygen atoms in total. The van der Waals surface area contributed by atoms with Crippen molar-refractivity contribution in [2.45, 2.75) is 24.9 Å². The van der Waals surface area contributed by atoms with Crippen LogP contribution in [0.1, 0.15) is 34.6 Å². The lowest BCUT2D eigenvalue weighted by molar-refractivity contribution is 0.313. The van der Waals surface area contributed by atoms with Crippen molar-refractivity contribution in [3.8, 4) is 0 Å². The van der Waals surface area contributed by atoms with Gasteiger partial charge >= 0.3 is 0 Å². The summed E-state index contributed by atoms with van der Waals surface area (Å²) in [6.07, 6.45) is 1.34. The first-order valence-corrected chi connectivity index (χ1v) is 9.99. The molecule has 3 heterocycles. The van der Waals surface area contributed by atoms with Crippen LogP contribution in [-0.4, -0.2) is 30.0 Å². The van der Waals surface area contributed by atoms with Crippen LogP contribution in [0, 0.1) is 0 Å².